The minimum absolute atomic E-state index is 0. The summed E-state index contributed by atoms with van der Waals surface area (Å²) >= 11 is 6.47. The zero-order chi connectivity index (χ0) is 11.4. The largest absolute Gasteiger partial charge is 0.495 e. The van der Waals surface area contributed by atoms with Crippen LogP contribution in [0.3, 0.4) is 0 Å². The summed E-state index contributed by atoms with van der Waals surface area (Å²) in [5.41, 5.74) is 0.671. The molecular formula is C11H23Br2NO2. The summed E-state index contributed by atoms with van der Waals surface area (Å²) in [5, 5.41) is 2.75. The number of carbonyl (C=O) groups is 1. The van der Waals surface area contributed by atoms with Crippen LogP contribution in [-0.2, 0) is 9.53 Å². The number of halogens is 2. The van der Waals surface area contributed by atoms with Crippen molar-refractivity contribution in [3.63, 3.8) is 0 Å². The van der Waals surface area contributed by atoms with Gasteiger partial charge in [0.1, 0.15) is 6.61 Å². The van der Waals surface area contributed by atoms with Crippen molar-refractivity contribution in [3.8, 4) is 0 Å². The summed E-state index contributed by atoms with van der Waals surface area (Å²) in [7, 11) is 3.75. The average Bonchev–Trinajstić information content (AvgIpc) is 2.11. The van der Waals surface area contributed by atoms with Gasteiger partial charge in [-0.15, -0.1) is 0 Å². The lowest BCUT2D eigenvalue weighted by molar-refractivity contribution is -0.117. The van der Waals surface area contributed by atoms with E-state index in [4.69, 9.17) is 4.74 Å². The molecule has 0 fully saturated rings. The molecule has 0 saturated carbocycles. The SMILES string of the molecule is C.C.CC1=C(C)C(=O)C(Br)(Br)CO1.CNC. The first-order valence-corrected chi connectivity index (χ1v) is 5.76. The normalized spacial score (nSPS) is 17.2. The first kappa shape index (κ1) is 21.4. The number of alkyl halides is 2. The lowest BCUT2D eigenvalue weighted by Crippen LogP contribution is -2.35. The van der Waals surface area contributed by atoms with Crippen molar-refractivity contribution in [1.29, 1.82) is 0 Å². The Labute approximate surface area is 116 Å². The van der Waals surface area contributed by atoms with Crippen LogP contribution >= 0.6 is 31.9 Å². The van der Waals surface area contributed by atoms with Crippen LogP contribution in [0.4, 0.5) is 0 Å². The average molecular weight is 361 g/mol. The third kappa shape index (κ3) is 6.01. The maximum Gasteiger partial charge on any atom is 0.192 e. The standard InChI is InChI=1S/C7H8Br2O2.C2H7N.2CH4/c1-4-5(2)11-3-7(8,9)6(4)10;1-3-2;;/h3H2,1-2H3;3H,1-2H3;2*1H4. The smallest absolute Gasteiger partial charge is 0.192 e. The molecule has 1 aliphatic heterocycles. The fraction of sp³-hybridized carbons (Fsp3) is 0.727. The molecule has 0 bridgehead atoms. The molecule has 1 N–H and O–H groups in total. The number of ketones is 1. The first-order valence-electron chi connectivity index (χ1n) is 4.18. The maximum atomic E-state index is 11.4. The van der Waals surface area contributed by atoms with Gasteiger partial charge in [-0.2, -0.15) is 0 Å². The molecular weight excluding hydrogens is 338 g/mol. The molecule has 0 radical (unpaired) electrons. The van der Waals surface area contributed by atoms with E-state index in [-0.39, 0.29) is 20.6 Å². The summed E-state index contributed by atoms with van der Waals surface area (Å²) in [4.78, 5) is 11.4. The lowest BCUT2D eigenvalue weighted by atomic mass is 10.1. The van der Waals surface area contributed by atoms with Crippen LogP contribution in [-0.4, -0.2) is 29.7 Å². The van der Waals surface area contributed by atoms with Crippen molar-refractivity contribution in [1.82, 2.24) is 5.32 Å². The molecule has 1 rings (SSSR count). The molecule has 1 aliphatic rings. The van der Waals surface area contributed by atoms with Gasteiger partial charge >= 0.3 is 0 Å². The predicted octanol–water partition coefficient (Wildman–Crippen LogP) is 3.47. The minimum Gasteiger partial charge on any atom is -0.495 e. The van der Waals surface area contributed by atoms with Gasteiger partial charge < -0.3 is 10.1 Å². The van der Waals surface area contributed by atoms with Crippen LogP contribution in [0.5, 0.6) is 0 Å². The fourth-order valence-electron chi connectivity index (χ4n) is 0.807. The van der Waals surface area contributed by atoms with E-state index in [1.165, 1.54) is 0 Å². The van der Waals surface area contributed by atoms with Crippen LogP contribution in [0.1, 0.15) is 28.7 Å². The maximum absolute atomic E-state index is 11.4. The van der Waals surface area contributed by atoms with Crippen LogP contribution in [0.15, 0.2) is 11.3 Å². The van der Waals surface area contributed by atoms with Gasteiger partial charge in [-0.25, -0.2) is 0 Å². The van der Waals surface area contributed by atoms with Crippen molar-refractivity contribution in [2.45, 2.75) is 31.9 Å². The topological polar surface area (TPSA) is 38.3 Å². The molecule has 0 unspecified atom stereocenters. The zero-order valence-electron chi connectivity index (χ0n) is 8.78. The Morgan fingerprint density at radius 1 is 1.25 bits per heavy atom. The number of nitrogens with one attached hydrogen (secondary N) is 1. The second-order valence-electron chi connectivity index (χ2n) is 3.00. The number of carbonyl (C=O) groups excluding carboxylic acids is 1. The number of rotatable bonds is 0. The number of hydrogen-bond acceptors (Lipinski definition) is 3. The molecule has 3 nitrogen and oxygen atoms in total. The van der Waals surface area contributed by atoms with Gasteiger partial charge in [0.2, 0.25) is 0 Å². The summed E-state index contributed by atoms with van der Waals surface area (Å²) in [6, 6.07) is 0. The van der Waals surface area contributed by atoms with Crippen LogP contribution in [0, 0.1) is 0 Å². The molecule has 16 heavy (non-hydrogen) atoms. The number of allylic oxidation sites excluding steroid dienone is 2. The summed E-state index contributed by atoms with van der Waals surface area (Å²) < 4.78 is 4.54. The third-order valence-electron chi connectivity index (χ3n) is 1.67. The second kappa shape index (κ2) is 9.19. The van der Waals surface area contributed by atoms with Crippen molar-refractivity contribution in [2.24, 2.45) is 0 Å². The quantitative estimate of drug-likeness (QED) is 0.672. The molecule has 0 aromatic rings. The third-order valence-corrected chi connectivity index (χ3v) is 2.85. The van der Waals surface area contributed by atoms with E-state index < -0.39 is 3.23 Å². The van der Waals surface area contributed by atoms with E-state index in [0.29, 0.717) is 17.9 Å². The Kier molecular flexibility index (Phi) is 12.3. The van der Waals surface area contributed by atoms with Gasteiger partial charge in [-0.1, -0.05) is 46.7 Å². The molecule has 0 atom stereocenters. The Morgan fingerprint density at radius 2 is 1.62 bits per heavy atom. The summed E-state index contributed by atoms with van der Waals surface area (Å²) in [5.74, 6) is 0.755. The van der Waals surface area contributed by atoms with E-state index in [1.54, 1.807) is 13.8 Å². The van der Waals surface area contributed by atoms with Gasteiger partial charge in [0, 0.05) is 5.57 Å². The van der Waals surface area contributed by atoms with E-state index in [0.717, 1.165) is 0 Å². The summed E-state index contributed by atoms with van der Waals surface area (Å²) in [6.45, 7) is 3.89. The van der Waals surface area contributed by atoms with Crippen molar-refractivity contribution >= 4 is 37.6 Å². The van der Waals surface area contributed by atoms with Crippen molar-refractivity contribution < 1.29 is 9.53 Å². The van der Waals surface area contributed by atoms with E-state index in [2.05, 4.69) is 37.2 Å². The number of ether oxygens (including phenoxy) is 1. The van der Waals surface area contributed by atoms with Crippen LogP contribution in [0.25, 0.3) is 0 Å². The van der Waals surface area contributed by atoms with Gasteiger partial charge in [0.15, 0.2) is 9.02 Å². The van der Waals surface area contributed by atoms with E-state index in [9.17, 15) is 4.79 Å². The summed E-state index contributed by atoms with van der Waals surface area (Å²) in [6.07, 6.45) is 0. The number of hydrogen-bond donors (Lipinski definition) is 1. The van der Waals surface area contributed by atoms with Crippen LogP contribution < -0.4 is 5.32 Å². The monoisotopic (exact) mass is 359 g/mol. The highest BCUT2D eigenvalue weighted by Crippen LogP contribution is 2.35. The predicted molar refractivity (Wildman–Crippen MR) is 78.4 cm³/mol. The van der Waals surface area contributed by atoms with Crippen molar-refractivity contribution in [2.75, 3.05) is 20.7 Å². The Bertz CT molecular complexity index is 250. The molecule has 0 aromatic heterocycles. The molecule has 0 spiro atoms. The first-order chi connectivity index (χ1) is 6.36. The highest BCUT2D eigenvalue weighted by atomic mass is 79.9. The highest BCUT2D eigenvalue weighted by Gasteiger charge is 2.38. The highest BCUT2D eigenvalue weighted by molar-refractivity contribution is 9.26. The van der Waals surface area contributed by atoms with E-state index >= 15 is 0 Å². The zero-order valence-corrected chi connectivity index (χ0v) is 12.0. The number of Topliss-reactive ketones (excluding diaryl/α,β-unsaturated/α-hetero) is 1. The second-order valence-corrected chi connectivity index (χ2v) is 6.78. The Morgan fingerprint density at radius 3 is 1.94 bits per heavy atom. The molecule has 0 amide bonds. The molecule has 0 aliphatic carbocycles. The molecule has 0 saturated heterocycles. The Balaban J connectivity index is -0.000000306. The van der Waals surface area contributed by atoms with Gasteiger partial charge in [-0.3, -0.25) is 4.79 Å². The molecule has 0 aromatic carbocycles. The van der Waals surface area contributed by atoms with Crippen LogP contribution in [0.2, 0.25) is 0 Å². The van der Waals surface area contributed by atoms with E-state index in [1.807, 2.05) is 14.1 Å². The van der Waals surface area contributed by atoms with Crippen molar-refractivity contribution in [3.05, 3.63) is 11.3 Å². The molecule has 98 valence electrons. The fourth-order valence-corrected chi connectivity index (χ4v) is 1.63. The molecule has 1 heterocycles. The Hall–Kier alpha value is 0.130. The van der Waals surface area contributed by atoms with Gasteiger partial charge in [0.25, 0.3) is 0 Å². The minimum atomic E-state index is -0.705. The lowest BCUT2D eigenvalue weighted by Gasteiger charge is -2.26. The van der Waals surface area contributed by atoms with Gasteiger partial charge in [-0.05, 0) is 27.9 Å². The molecule has 5 heteroatoms. The van der Waals surface area contributed by atoms with Gasteiger partial charge in [0.05, 0.1) is 5.76 Å².